The molecule has 0 atom stereocenters. The van der Waals surface area contributed by atoms with Crippen molar-refractivity contribution in [3.05, 3.63) is 41.6 Å². The van der Waals surface area contributed by atoms with E-state index in [2.05, 4.69) is 10.4 Å². The Bertz CT molecular complexity index is 575. The Morgan fingerprint density at radius 1 is 1.37 bits per heavy atom. The number of aryl methyl sites for hydroxylation is 2. The number of aromatic nitrogens is 2. The zero-order valence-electron chi connectivity index (χ0n) is 11.3. The summed E-state index contributed by atoms with van der Waals surface area (Å²) in [6.07, 6.45) is 2.01. The van der Waals surface area contributed by atoms with Crippen LogP contribution in [0.1, 0.15) is 23.0 Å². The lowest BCUT2D eigenvalue weighted by Crippen LogP contribution is -2.15. The molecule has 0 aliphatic carbocycles. The van der Waals surface area contributed by atoms with Gasteiger partial charge in [0.1, 0.15) is 5.82 Å². The van der Waals surface area contributed by atoms with E-state index < -0.39 is 0 Å². The highest BCUT2D eigenvalue weighted by Gasteiger charge is 2.10. The van der Waals surface area contributed by atoms with Gasteiger partial charge in [0.2, 0.25) is 0 Å². The highest BCUT2D eigenvalue weighted by Crippen LogP contribution is 2.16. The van der Waals surface area contributed by atoms with Crippen LogP contribution in [0.25, 0.3) is 0 Å². The minimum absolute atomic E-state index is 0.109. The van der Waals surface area contributed by atoms with Crippen LogP contribution in [0.3, 0.4) is 0 Å². The van der Waals surface area contributed by atoms with Crippen LogP contribution >= 0.6 is 11.8 Å². The van der Waals surface area contributed by atoms with Crippen LogP contribution in [0.4, 0.5) is 5.82 Å². The second-order valence-corrected chi connectivity index (χ2v) is 5.05. The lowest BCUT2D eigenvalue weighted by atomic mass is 10.2. The normalized spacial score (nSPS) is 10.5. The summed E-state index contributed by atoms with van der Waals surface area (Å²) in [5.74, 6) is 0.626. The lowest BCUT2D eigenvalue weighted by molar-refractivity contribution is 0.102. The van der Waals surface area contributed by atoms with Gasteiger partial charge < -0.3 is 5.32 Å². The number of thioether (sulfide) groups is 1. The fourth-order valence-electron chi connectivity index (χ4n) is 1.82. The number of hydrogen-bond donors (Lipinski definition) is 1. The molecule has 1 aromatic heterocycles. The summed E-state index contributed by atoms with van der Waals surface area (Å²) in [5, 5.41) is 7.19. The number of benzene rings is 1. The molecule has 19 heavy (non-hydrogen) atoms. The van der Waals surface area contributed by atoms with Crippen molar-refractivity contribution in [2.75, 3.05) is 11.6 Å². The van der Waals surface area contributed by atoms with Crippen molar-refractivity contribution in [2.24, 2.45) is 0 Å². The predicted molar refractivity (Wildman–Crippen MR) is 78.8 cm³/mol. The molecule has 100 valence electrons. The minimum Gasteiger partial charge on any atom is -0.307 e. The maximum atomic E-state index is 12.1. The SMILES string of the molecule is CCn1nc(C)cc1NC(=O)c1ccc(SC)cc1. The zero-order valence-corrected chi connectivity index (χ0v) is 12.1. The Balaban J connectivity index is 2.15. The third kappa shape index (κ3) is 3.17. The average Bonchev–Trinajstić information content (AvgIpc) is 2.78. The molecule has 0 saturated heterocycles. The number of carbonyl (C=O) groups excluding carboxylic acids is 1. The number of anilines is 1. The van der Waals surface area contributed by atoms with E-state index in [1.165, 1.54) is 0 Å². The topological polar surface area (TPSA) is 46.9 Å². The molecule has 0 fully saturated rings. The summed E-state index contributed by atoms with van der Waals surface area (Å²) >= 11 is 1.66. The van der Waals surface area contributed by atoms with Crippen LogP contribution in [-0.2, 0) is 6.54 Å². The quantitative estimate of drug-likeness (QED) is 0.872. The van der Waals surface area contributed by atoms with Gasteiger partial charge in [-0.15, -0.1) is 11.8 Å². The van der Waals surface area contributed by atoms with Crippen LogP contribution in [-0.4, -0.2) is 21.9 Å². The van der Waals surface area contributed by atoms with Gasteiger partial charge in [-0.05, 0) is 44.4 Å². The molecule has 0 aliphatic heterocycles. The van der Waals surface area contributed by atoms with Gasteiger partial charge in [0.05, 0.1) is 5.69 Å². The Labute approximate surface area is 117 Å². The molecule has 0 spiro atoms. The molecule has 1 heterocycles. The maximum Gasteiger partial charge on any atom is 0.256 e. The number of nitrogens with one attached hydrogen (secondary N) is 1. The fourth-order valence-corrected chi connectivity index (χ4v) is 2.23. The summed E-state index contributed by atoms with van der Waals surface area (Å²) in [5.41, 5.74) is 1.55. The van der Waals surface area contributed by atoms with E-state index in [1.807, 2.05) is 50.4 Å². The standard InChI is InChI=1S/C14H17N3OS/c1-4-17-13(9-10(2)16-17)15-14(18)11-5-7-12(19-3)8-6-11/h5-9H,4H2,1-3H3,(H,15,18). The third-order valence-electron chi connectivity index (χ3n) is 2.80. The fraction of sp³-hybridized carbons (Fsp3) is 0.286. The first-order chi connectivity index (χ1) is 9.13. The molecule has 0 saturated carbocycles. The summed E-state index contributed by atoms with van der Waals surface area (Å²) < 4.78 is 1.78. The van der Waals surface area contributed by atoms with Crippen LogP contribution in [0.2, 0.25) is 0 Å². The van der Waals surface area contributed by atoms with Crippen molar-refractivity contribution < 1.29 is 4.79 Å². The van der Waals surface area contributed by atoms with Crippen LogP contribution in [0, 0.1) is 6.92 Å². The molecular formula is C14H17N3OS. The first kappa shape index (κ1) is 13.7. The van der Waals surface area contributed by atoms with Gasteiger partial charge >= 0.3 is 0 Å². The molecule has 4 nitrogen and oxygen atoms in total. The predicted octanol–water partition coefficient (Wildman–Crippen LogP) is 3.19. The molecule has 2 aromatic rings. The molecule has 5 heteroatoms. The van der Waals surface area contributed by atoms with Crippen molar-refractivity contribution in [2.45, 2.75) is 25.3 Å². The second kappa shape index (κ2) is 5.93. The molecule has 2 rings (SSSR count). The number of nitrogens with zero attached hydrogens (tertiary/aromatic N) is 2. The van der Waals surface area contributed by atoms with Gasteiger partial charge in [-0.1, -0.05) is 0 Å². The second-order valence-electron chi connectivity index (χ2n) is 4.17. The van der Waals surface area contributed by atoms with Crippen molar-refractivity contribution in [3.8, 4) is 0 Å². The van der Waals surface area contributed by atoms with Gasteiger partial charge in [0, 0.05) is 23.1 Å². The Kier molecular flexibility index (Phi) is 4.27. The van der Waals surface area contributed by atoms with E-state index >= 15 is 0 Å². The Morgan fingerprint density at radius 2 is 2.05 bits per heavy atom. The molecule has 0 aliphatic rings. The van der Waals surface area contributed by atoms with E-state index in [0.29, 0.717) is 5.56 Å². The monoisotopic (exact) mass is 275 g/mol. The summed E-state index contributed by atoms with van der Waals surface area (Å²) in [7, 11) is 0. The lowest BCUT2D eigenvalue weighted by Gasteiger charge is -2.07. The average molecular weight is 275 g/mol. The summed E-state index contributed by atoms with van der Waals surface area (Å²) in [6, 6.07) is 9.43. The Morgan fingerprint density at radius 3 is 2.63 bits per heavy atom. The zero-order chi connectivity index (χ0) is 13.8. The number of carbonyl (C=O) groups is 1. The van der Waals surface area contributed by atoms with Crippen LogP contribution in [0.5, 0.6) is 0 Å². The first-order valence-corrected chi connectivity index (χ1v) is 7.36. The Hall–Kier alpha value is -1.75. The van der Waals surface area contributed by atoms with Gasteiger partial charge in [0.15, 0.2) is 0 Å². The van der Waals surface area contributed by atoms with Gasteiger partial charge in [0.25, 0.3) is 5.91 Å². The molecule has 1 aromatic carbocycles. The van der Waals surface area contributed by atoms with Crippen molar-refractivity contribution in [3.63, 3.8) is 0 Å². The molecule has 0 radical (unpaired) electrons. The smallest absolute Gasteiger partial charge is 0.256 e. The van der Waals surface area contributed by atoms with E-state index in [1.54, 1.807) is 16.4 Å². The largest absolute Gasteiger partial charge is 0.307 e. The molecule has 1 N–H and O–H groups in total. The molecule has 0 bridgehead atoms. The van der Waals surface area contributed by atoms with Gasteiger partial charge in [-0.25, -0.2) is 4.68 Å². The highest BCUT2D eigenvalue weighted by molar-refractivity contribution is 7.98. The molecule has 0 unspecified atom stereocenters. The van der Waals surface area contributed by atoms with Crippen molar-refractivity contribution in [1.82, 2.24) is 9.78 Å². The van der Waals surface area contributed by atoms with Crippen molar-refractivity contribution >= 4 is 23.5 Å². The number of amides is 1. The minimum atomic E-state index is -0.109. The van der Waals surface area contributed by atoms with E-state index in [0.717, 1.165) is 23.0 Å². The molecule has 1 amide bonds. The highest BCUT2D eigenvalue weighted by atomic mass is 32.2. The third-order valence-corrected chi connectivity index (χ3v) is 3.54. The molecular weight excluding hydrogens is 258 g/mol. The maximum absolute atomic E-state index is 12.1. The summed E-state index contributed by atoms with van der Waals surface area (Å²) in [6.45, 7) is 4.64. The van der Waals surface area contributed by atoms with Gasteiger partial charge in [-0.2, -0.15) is 5.10 Å². The van der Waals surface area contributed by atoms with E-state index in [4.69, 9.17) is 0 Å². The van der Waals surface area contributed by atoms with Crippen LogP contribution < -0.4 is 5.32 Å². The van der Waals surface area contributed by atoms with Crippen LogP contribution in [0.15, 0.2) is 35.2 Å². The van der Waals surface area contributed by atoms with E-state index in [9.17, 15) is 4.79 Å². The van der Waals surface area contributed by atoms with Gasteiger partial charge in [-0.3, -0.25) is 4.79 Å². The first-order valence-electron chi connectivity index (χ1n) is 6.14. The van der Waals surface area contributed by atoms with E-state index in [-0.39, 0.29) is 5.91 Å². The number of rotatable bonds is 4. The number of hydrogen-bond acceptors (Lipinski definition) is 3. The van der Waals surface area contributed by atoms with Crippen molar-refractivity contribution in [1.29, 1.82) is 0 Å². The summed E-state index contributed by atoms with van der Waals surface area (Å²) in [4.78, 5) is 13.3.